The molecule has 3 nitrogen and oxygen atoms in total. The quantitative estimate of drug-likeness (QED) is 0.608. The van der Waals surface area contributed by atoms with E-state index in [2.05, 4.69) is 43.3 Å². The van der Waals surface area contributed by atoms with E-state index in [1.54, 1.807) is 11.8 Å². The summed E-state index contributed by atoms with van der Waals surface area (Å²) in [6.45, 7) is 0. The van der Waals surface area contributed by atoms with Gasteiger partial charge in [0.25, 0.3) is 0 Å². The summed E-state index contributed by atoms with van der Waals surface area (Å²) in [5.41, 5.74) is 0. The number of thiol groups is 1. The maximum Gasteiger partial charge on any atom is 0.133 e. The molecule has 116 valence electrons. The van der Waals surface area contributed by atoms with Gasteiger partial charge in [0.1, 0.15) is 10.5 Å². The molecule has 6 atom stereocenters. The van der Waals surface area contributed by atoms with Crippen molar-refractivity contribution in [1.29, 1.82) is 0 Å². The predicted molar refractivity (Wildman–Crippen MR) is 89.7 cm³/mol. The van der Waals surface area contributed by atoms with Crippen molar-refractivity contribution in [2.24, 2.45) is 0 Å². The first-order valence-electron chi connectivity index (χ1n) is 8.33. The summed E-state index contributed by atoms with van der Waals surface area (Å²) in [7, 11) is 9.01. The Bertz CT molecular complexity index is 304. The van der Waals surface area contributed by atoms with Crippen LogP contribution in [0.25, 0.3) is 0 Å². The minimum absolute atomic E-state index is 0.810. The second kappa shape index (κ2) is 6.15. The van der Waals surface area contributed by atoms with Gasteiger partial charge in [0.15, 0.2) is 0 Å². The van der Waals surface area contributed by atoms with Gasteiger partial charge in [-0.2, -0.15) is 0 Å². The molecule has 0 aromatic heterocycles. The highest BCUT2D eigenvalue weighted by atomic mass is 32.2. The zero-order chi connectivity index (χ0) is 14.3. The fraction of sp³-hybridized carbons (Fsp3) is 1.00. The zero-order valence-corrected chi connectivity index (χ0v) is 14.4. The first kappa shape index (κ1) is 15.1. The summed E-state index contributed by atoms with van der Waals surface area (Å²) >= 11 is 1.76. The third-order valence-electron chi connectivity index (χ3n) is 5.85. The van der Waals surface area contributed by atoms with Gasteiger partial charge in [-0.15, -0.1) is 0 Å². The number of hydrogen-bond acceptors (Lipinski definition) is 3. The summed E-state index contributed by atoms with van der Waals surface area (Å²) in [5.74, 6) is 0. The molecule has 0 aromatic carbocycles. The molecule has 3 fully saturated rings. The van der Waals surface area contributed by atoms with E-state index < -0.39 is 0 Å². The first-order valence-corrected chi connectivity index (χ1v) is 9.36. The molecule has 2 saturated carbocycles. The number of fused-ring (bicyclic) bond motifs is 2. The van der Waals surface area contributed by atoms with Crippen LogP contribution < -0.4 is 5.32 Å². The minimum atomic E-state index is 0.810. The Morgan fingerprint density at radius 2 is 1.20 bits per heavy atom. The van der Waals surface area contributed by atoms with Crippen molar-refractivity contribution in [2.45, 2.75) is 73.2 Å². The lowest BCUT2D eigenvalue weighted by molar-refractivity contribution is 0.167. The number of hydrogen-bond donors (Lipinski definition) is 1. The Morgan fingerprint density at radius 3 is 1.60 bits per heavy atom. The van der Waals surface area contributed by atoms with Crippen LogP contribution in [-0.2, 0) is 11.8 Å². The molecule has 0 aromatic rings. The van der Waals surface area contributed by atoms with Crippen molar-refractivity contribution >= 4 is 11.8 Å². The lowest BCUT2D eigenvalue weighted by Gasteiger charge is -2.46. The van der Waals surface area contributed by atoms with E-state index in [0.717, 1.165) is 34.7 Å². The van der Waals surface area contributed by atoms with Gasteiger partial charge in [-0.1, -0.05) is 0 Å². The highest BCUT2D eigenvalue weighted by Gasteiger charge is 2.48. The van der Waals surface area contributed by atoms with E-state index in [4.69, 9.17) is 0 Å². The minimum Gasteiger partial charge on any atom is -0.306 e. The van der Waals surface area contributed by atoms with Crippen LogP contribution in [0.2, 0.25) is 0 Å². The molecule has 3 rings (SSSR count). The van der Waals surface area contributed by atoms with Crippen LogP contribution in [0.3, 0.4) is 0 Å². The number of rotatable bonds is 2. The van der Waals surface area contributed by atoms with Crippen molar-refractivity contribution in [3.63, 3.8) is 0 Å². The molecule has 1 N–H and O–H groups in total. The Morgan fingerprint density at radius 1 is 0.750 bits per heavy atom. The molecule has 1 aliphatic heterocycles. The van der Waals surface area contributed by atoms with Crippen LogP contribution in [-0.4, -0.2) is 72.7 Å². The summed E-state index contributed by atoms with van der Waals surface area (Å²) in [4.78, 5) is 4.89. The van der Waals surface area contributed by atoms with Crippen LogP contribution in [0.5, 0.6) is 0 Å². The SMILES string of the molecule is CN(C)C1CCC2NC3CCC(N(C)C)CC3[SH+]C2C1. The number of nitrogens with one attached hydrogen (secondary N) is 1. The van der Waals surface area contributed by atoms with Crippen molar-refractivity contribution in [3.8, 4) is 0 Å². The van der Waals surface area contributed by atoms with Crippen LogP contribution in [0.4, 0.5) is 0 Å². The number of nitrogens with zero attached hydrogens (tertiary/aromatic N) is 2. The van der Waals surface area contributed by atoms with Crippen LogP contribution >= 0.6 is 0 Å². The lowest BCUT2D eigenvalue weighted by Crippen LogP contribution is -2.63. The molecule has 3 aliphatic rings. The molecule has 1 heterocycles. The second-order valence-electron chi connectivity index (χ2n) is 7.52. The molecule has 4 heteroatoms. The van der Waals surface area contributed by atoms with Crippen molar-refractivity contribution in [3.05, 3.63) is 0 Å². The Hall–Kier alpha value is 0.230. The molecule has 0 spiro atoms. The first-order chi connectivity index (χ1) is 9.54. The Labute approximate surface area is 128 Å². The van der Waals surface area contributed by atoms with Gasteiger partial charge >= 0.3 is 0 Å². The average molecular weight is 299 g/mol. The fourth-order valence-corrected chi connectivity index (χ4v) is 6.54. The van der Waals surface area contributed by atoms with E-state index in [-0.39, 0.29) is 0 Å². The van der Waals surface area contributed by atoms with Crippen LogP contribution in [0.1, 0.15) is 38.5 Å². The Kier molecular flexibility index (Phi) is 4.66. The summed E-state index contributed by atoms with van der Waals surface area (Å²) in [6, 6.07) is 3.25. The van der Waals surface area contributed by atoms with Gasteiger partial charge in [0, 0.05) is 24.9 Å². The van der Waals surface area contributed by atoms with Crippen molar-refractivity contribution in [1.82, 2.24) is 15.1 Å². The smallest absolute Gasteiger partial charge is 0.133 e. The molecule has 1 saturated heterocycles. The fourth-order valence-electron chi connectivity index (χ4n) is 4.43. The largest absolute Gasteiger partial charge is 0.306 e. The molecule has 0 bridgehead atoms. The topological polar surface area (TPSA) is 18.5 Å². The summed E-state index contributed by atoms with van der Waals surface area (Å²) in [6.07, 6.45) is 8.36. The molecular formula is C16H32N3S+. The summed E-state index contributed by atoms with van der Waals surface area (Å²) < 4.78 is 0. The van der Waals surface area contributed by atoms with Gasteiger partial charge in [-0.25, -0.2) is 0 Å². The summed E-state index contributed by atoms with van der Waals surface area (Å²) in [5, 5.41) is 5.83. The maximum atomic E-state index is 4.03. The highest BCUT2D eigenvalue weighted by molar-refractivity contribution is 7.80. The van der Waals surface area contributed by atoms with Gasteiger partial charge in [0.2, 0.25) is 0 Å². The normalized spacial score (nSPS) is 45.3. The molecular weight excluding hydrogens is 266 g/mol. The van der Waals surface area contributed by atoms with Gasteiger partial charge in [-0.3, -0.25) is 0 Å². The molecule has 0 radical (unpaired) electrons. The molecule has 6 unspecified atom stereocenters. The zero-order valence-electron chi connectivity index (χ0n) is 13.5. The standard InChI is InChI=1S/C16H31N3S/c1-18(2)11-5-7-13-15(9-11)20-16-10-12(19(3)4)6-8-14(16)17-13/h11-17H,5-10H2,1-4H3/p+1. The van der Waals surface area contributed by atoms with Crippen LogP contribution in [0.15, 0.2) is 0 Å². The van der Waals surface area contributed by atoms with E-state index in [9.17, 15) is 0 Å². The average Bonchev–Trinajstić information content (AvgIpc) is 2.43. The van der Waals surface area contributed by atoms with Gasteiger partial charge in [0.05, 0.1) is 12.1 Å². The van der Waals surface area contributed by atoms with E-state index in [1.165, 1.54) is 38.5 Å². The molecule has 20 heavy (non-hydrogen) atoms. The van der Waals surface area contributed by atoms with Gasteiger partial charge in [-0.05, 0) is 65.6 Å². The van der Waals surface area contributed by atoms with Gasteiger partial charge < -0.3 is 15.1 Å². The third-order valence-corrected chi connectivity index (χ3v) is 7.76. The second-order valence-corrected chi connectivity index (χ2v) is 9.15. The third kappa shape index (κ3) is 3.03. The molecule has 0 amide bonds. The van der Waals surface area contributed by atoms with Crippen molar-refractivity contribution in [2.75, 3.05) is 28.2 Å². The van der Waals surface area contributed by atoms with E-state index in [0.29, 0.717) is 0 Å². The maximum absolute atomic E-state index is 4.03. The predicted octanol–water partition coefficient (Wildman–Crippen LogP) is 1.11. The van der Waals surface area contributed by atoms with E-state index >= 15 is 0 Å². The lowest BCUT2D eigenvalue weighted by atomic mass is 9.85. The van der Waals surface area contributed by atoms with E-state index in [1.807, 2.05) is 0 Å². The van der Waals surface area contributed by atoms with Crippen molar-refractivity contribution < 1.29 is 0 Å². The monoisotopic (exact) mass is 298 g/mol. The highest BCUT2D eigenvalue weighted by Crippen LogP contribution is 2.35. The Balaban J connectivity index is 1.62. The molecule has 2 aliphatic carbocycles. The van der Waals surface area contributed by atoms with Crippen LogP contribution in [0, 0.1) is 0 Å².